The third-order valence-corrected chi connectivity index (χ3v) is 5.59. The van der Waals surface area contributed by atoms with Crippen LogP contribution in [0.25, 0.3) is 4.96 Å². The summed E-state index contributed by atoms with van der Waals surface area (Å²) < 4.78 is 1.95. The first-order valence-corrected chi connectivity index (χ1v) is 7.84. The van der Waals surface area contributed by atoms with Crippen LogP contribution in [0.2, 0.25) is 0 Å². The molecule has 1 aliphatic heterocycles. The average molecular weight is 277 g/mol. The number of anilines is 1. The number of imidazole rings is 1. The van der Waals surface area contributed by atoms with Gasteiger partial charge in [-0.1, -0.05) is 11.3 Å². The minimum Gasteiger partial charge on any atom is -0.346 e. The average Bonchev–Trinajstić information content (AvgIpc) is 3.04. The fourth-order valence-corrected chi connectivity index (χ4v) is 4.48. The van der Waals surface area contributed by atoms with Gasteiger partial charge in [0.15, 0.2) is 0 Å². The second-order valence-corrected chi connectivity index (χ2v) is 6.91. The molecule has 2 aromatic rings. The highest BCUT2D eigenvalue weighted by Crippen LogP contribution is 2.38. The van der Waals surface area contributed by atoms with Crippen LogP contribution in [0.1, 0.15) is 25.0 Å². The predicted octanol–water partition coefficient (Wildman–Crippen LogP) is 1.66. The van der Waals surface area contributed by atoms with Crippen LogP contribution in [0.5, 0.6) is 0 Å². The van der Waals surface area contributed by atoms with Gasteiger partial charge in [0.05, 0.1) is 11.9 Å². The molecule has 2 N–H and O–H groups in total. The van der Waals surface area contributed by atoms with E-state index in [-0.39, 0.29) is 0 Å². The number of hydrogen-bond donors (Lipinski definition) is 1. The van der Waals surface area contributed by atoms with Crippen molar-refractivity contribution < 1.29 is 0 Å². The maximum Gasteiger partial charge on any atom is 0.214 e. The van der Waals surface area contributed by atoms with Crippen molar-refractivity contribution in [2.45, 2.75) is 32.2 Å². The Morgan fingerprint density at radius 1 is 1.32 bits per heavy atom. The molecule has 3 unspecified atom stereocenters. The Labute approximate surface area is 116 Å². The van der Waals surface area contributed by atoms with Crippen molar-refractivity contribution in [2.75, 3.05) is 18.0 Å². The minimum atomic E-state index is 0.414. The van der Waals surface area contributed by atoms with Gasteiger partial charge in [0.2, 0.25) is 10.1 Å². The Morgan fingerprint density at radius 3 is 3.00 bits per heavy atom. The van der Waals surface area contributed by atoms with Gasteiger partial charge >= 0.3 is 0 Å². The molecule has 4 rings (SSSR count). The maximum atomic E-state index is 6.09. The normalized spacial score (nSPS) is 31.1. The molecular weight excluding hydrogens is 258 g/mol. The van der Waals surface area contributed by atoms with Crippen molar-refractivity contribution >= 4 is 21.4 Å². The molecule has 19 heavy (non-hydrogen) atoms. The summed E-state index contributed by atoms with van der Waals surface area (Å²) in [4.78, 5) is 7.82. The van der Waals surface area contributed by atoms with Crippen LogP contribution in [0.3, 0.4) is 0 Å². The number of nitrogens with two attached hydrogens (primary N) is 1. The number of nitrogens with zero attached hydrogens (tertiary/aromatic N) is 4. The van der Waals surface area contributed by atoms with Gasteiger partial charge in [-0.05, 0) is 38.0 Å². The van der Waals surface area contributed by atoms with Crippen LogP contribution in [0.4, 0.5) is 5.13 Å². The van der Waals surface area contributed by atoms with Crippen molar-refractivity contribution in [1.29, 1.82) is 0 Å². The van der Waals surface area contributed by atoms with Crippen molar-refractivity contribution in [2.24, 2.45) is 17.6 Å². The highest BCUT2D eigenvalue weighted by atomic mass is 32.1. The Kier molecular flexibility index (Phi) is 2.57. The standard InChI is InChI=1S/C13H19N5S/c1-8-5-15-12-18(8)16-13(19-12)17-6-9-2-3-11(14)4-10(9)7-17/h5,9-11H,2-4,6-7,14H2,1H3. The van der Waals surface area contributed by atoms with Gasteiger partial charge in [0.1, 0.15) is 0 Å². The summed E-state index contributed by atoms with van der Waals surface area (Å²) in [5.41, 5.74) is 7.20. The van der Waals surface area contributed by atoms with Gasteiger partial charge in [0.25, 0.3) is 0 Å². The summed E-state index contributed by atoms with van der Waals surface area (Å²) in [6.45, 7) is 4.31. The molecule has 1 saturated heterocycles. The van der Waals surface area contributed by atoms with Crippen LogP contribution < -0.4 is 10.6 Å². The molecule has 2 aliphatic rings. The summed E-state index contributed by atoms with van der Waals surface area (Å²) in [5, 5.41) is 5.82. The molecule has 0 amide bonds. The zero-order valence-electron chi connectivity index (χ0n) is 11.1. The minimum absolute atomic E-state index is 0.414. The number of aryl methyl sites for hydroxylation is 1. The first-order valence-electron chi connectivity index (χ1n) is 7.02. The summed E-state index contributed by atoms with van der Waals surface area (Å²) in [7, 11) is 0. The largest absolute Gasteiger partial charge is 0.346 e. The van der Waals surface area contributed by atoms with E-state index in [0.29, 0.717) is 6.04 Å². The maximum absolute atomic E-state index is 6.09. The summed E-state index contributed by atoms with van der Waals surface area (Å²) in [6.07, 6.45) is 5.53. The zero-order chi connectivity index (χ0) is 13.0. The first kappa shape index (κ1) is 11.7. The number of fused-ring (bicyclic) bond motifs is 2. The molecule has 2 aromatic heterocycles. The Hall–Kier alpha value is -1.14. The van der Waals surface area contributed by atoms with Crippen LogP contribution in [0, 0.1) is 18.8 Å². The zero-order valence-corrected chi connectivity index (χ0v) is 11.9. The van der Waals surface area contributed by atoms with E-state index in [0.717, 1.165) is 40.7 Å². The number of hydrogen-bond acceptors (Lipinski definition) is 5. The van der Waals surface area contributed by atoms with E-state index in [1.165, 1.54) is 19.3 Å². The van der Waals surface area contributed by atoms with E-state index in [4.69, 9.17) is 10.8 Å². The highest BCUT2D eigenvalue weighted by molar-refractivity contribution is 7.20. The van der Waals surface area contributed by atoms with E-state index >= 15 is 0 Å². The Bertz CT molecular complexity index is 603. The van der Waals surface area contributed by atoms with Gasteiger partial charge < -0.3 is 10.6 Å². The lowest BCUT2D eigenvalue weighted by Crippen LogP contribution is -2.32. The molecule has 0 spiro atoms. The van der Waals surface area contributed by atoms with Gasteiger partial charge in [-0.25, -0.2) is 9.50 Å². The number of rotatable bonds is 1. The predicted molar refractivity (Wildman–Crippen MR) is 76.6 cm³/mol. The molecule has 102 valence electrons. The molecule has 1 saturated carbocycles. The quantitative estimate of drug-likeness (QED) is 0.861. The van der Waals surface area contributed by atoms with Gasteiger partial charge in [-0.15, -0.1) is 5.10 Å². The van der Waals surface area contributed by atoms with Crippen LogP contribution >= 0.6 is 11.3 Å². The van der Waals surface area contributed by atoms with Crippen molar-refractivity contribution in [3.05, 3.63) is 11.9 Å². The molecule has 0 bridgehead atoms. The van der Waals surface area contributed by atoms with Gasteiger partial charge in [0, 0.05) is 19.1 Å². The van der Waals surface area contributed by atoms with E-state index in [1.54, 1.807) is 11.3 Å². The summed E-state index contributed by atoms with van der Waals surface area (Å²) in [6, 6.07) is 0.414. The second-order valence-electron chi connectivity index (χ2n) is 5.98. The van der Waals surface area contributed by atoms with E-state index < -0.39 is 0 Å². The molecule has 0 radical (unpaired) electrons. The molecule has 1 aliphatic carbocycles. The third-order valence-electron chi connectivity index (χ3n) is 4.61. The second kappa shape index (κ2) is 4.18. The highest BCUT2D eigenvalue weighted by Gasteiger charge is 2.37. The smallest absolute Gasteiger partial charge is 0.214 e. The lowest BCUT2D eigenvalue weighted by atomic mass is 9.79. The SMILES string of the molecule is Cc1cnc2sc(N3CC4CCC(N)CC4C3)nn12. The fourth-order valence-electron chi connectivity index (χ4n) is 3.54. The molecule has 3 atom stereocenters. The topological polar surface area (TPSA) is 59.5 Å². The van der Waals surface area contributed by atoms with Crippen LogP contribution in [-0.4, -0.2) is 33.7 Å². The van der Waals surface area contributed by atoms with Crippen molar-refractivity contribution in [1.82, 2.24) is 14.6 Å². The summed E-state index contributed by atoms with van der Waals surface area (Å²) in [5.74, 6) is 1.58. The van der Waals surface area contributed by atoms with Crippen LogP contribution in [0.15, 0.2) is 6.20 Å². The molecule has 5 nitrogen and oxygen atoms in total. The van der Waals surface area contributed by atoms with Gasteiger partial charge in [-0.3, -0.25) is 0 Å². The van der Waals surface area contributed by atoms with E-state index in [9.17, 15) is 0 Å². The first-order chi connectivity index (χ1) is 9.20. The van der Waals surface area contributed by atoms with E-state index in [1.807, 2.05) is 17.6 Å². The third kappa shape index (κ3) is 1.85. The summed E-state index contributed by atoms with van der Waals surface area (Å²) >= 11 is 1.70. The Balaban J connectivity index is 1.59. The van der Waals surface area contributed by atoms with Crippen LogP contribution in [-0.2, 0) is 0 Å². The number of aromatic nitrogens is 3. The molecule has 0 aromatic carbocycles. The molecule has 6 heteroatoms. The van der Waals surface area contributed by atoms with Crippen molar-refractivity contribution in [3.63, 3.8) is 0 Å². The molecule has 3 heterocycles. The Morgan fingerprint density at radius 2 is 2.16 bits per heavy atom. The van der Waals surface area contributed by atoms with Gasteiger partial charge in [-0.2, -0.15) is 0 Å². The molecular formula is C13H19N5S. The van der Waals surface area contributed by atoms with Crippen molar-refractivity contribution in [3.8, 4) is 0 Å². The van der Waals surface area contributed by atoms with E-state index in [2.05, 4.69) is 9.88 Å². The lowest BCUT2D eigenvalue weighted by molar-refractivity contribution is 0.271. The monoisotopic (exact) mass is 277 g/mol. The fraction of sp³-hybridized carbons (Fsp3) is 0.692. The molecule has 2 fully saturated rings. The lowest BCUT2D eigenvalue weighted by Gasteiger charge is -2.27.